The lowest BCUT2D eigenvalue weighted by Crippen LogP contribution is -2.91. The molecule has 0 aliphatic heterocycles. The number of nitrogens with zero attached hydrogens (tertiary/aromatic N) is 1. The van der Waals surface area contributed by atoms with Crippen molar-refractivity contribution in [3.8, 4) is 6.07 Å². The maximum absolute atomic E-state index is 12.2. The summed E-state index contributed by atoms with van der Waals surface area (Å²) in [6.45, 7) is 3.94. The zero-order chi connectivity index (χ0) is 15.2. The zero-order valence-electron chi connectivity index (χ0n) is 12.0. The molecular weight excluding hydrogens is 282 g/mol. The van der Waals surface area contributed by atoms with Crippen LogP contribution in [-0.2, 0) is 4.79 Å². The standard InChI is InChI=1S/C16H17N3OS/c1-11(13-6-4-3-5-7-13)18-12(2)15(20)19-16-14(10-17)8-9-21-16/h3-9,11-12,18H,1-2H3,(H,19,20)/p+1/t11-,12+/m0/s1. The minimum atomic E-state index is -0.228. The van der Waals surface area contributed by atoms with E-state index in [0.29, 0.717) is 10.6 Å². The second-order valence-electron chi connectivity index (χ2n) is 4.94. The highest BCUT2D eigenvalue weighted by Gasteiger charge is 2.21. The molecule has 1 amide bonds. The van der Waals surface area contributed by atoms with Crippen LogP contribution in [0.1, 0.15) is 31.0 Å². The zero-order valence-corrected chi connectivity index (χ0v) is 12.9. The molecule has 0 bridgehead atoms. The van der Waals surface area contributed by atoms with Gasteiger partial charge in [-0.25, -0.2) is 0 Å². The van der Waals surface area contributed by atoms with Crippen LogP contribution >= 0.6 is 11.3 Å². The van der Waals surface area contributed by atoms with Crippen molar-refractivity contribution in [3.05, 3.63) is 52.9 Å². The summed E-state index contributed by atoms with van der Waals surface area (Å²) >= 11 is 1.37. The molecule has 108 valence electrons. The number of rotatable bonds is 5. The van der Waals surface area contributed by atoms with Gasteiger partial charge in [0.1, 0.15) is 17.1 Å². The normalized spacial score (nSPS) is 13.2. The molecule has 0 saturated carbocycles. The van der Waals surface area contributed by atoms with E-state index < -0.39 is 0 Å². The summed E-state index contributed by atoms with van der Waals surface area (Å²) in [5.74, 6) is -0.0864. The summed E-state index contributed by atoms with van der Waals surface area (Å²) in [4.78, 5) is 12.2. The number of amides is 1. The number of hydrogen-bond acceptors (Lipinski definition) is 3. The maximum Gasteiger partial charge on any atom is 0.282 e. The van der Waals surface area contributed by atoms with E-state index in [9.17, 15) is 4.79 Å². The maximum atomic E-state index is 12.2. The van der Waals surface area contributed by atoms with E-state index in [-0.39, 0.29) is 18.0 Å². The van der Waals surface area contributed by atoms with Crippen LogP contribution in [-0.4, -0.2) is 11.9 Å². The fourth-order valence-electron chi connectivity index (χ4n) is 2.11. The summed E-state index contributed by atoms with van der Waals surface area (Å²) < 4.78 is 0. The molecule has 2 aromatic rings. The van der Waals surface area contributed by atoms with Gasteiger partial charge in [-0.15, -0.1) is 11.3 Å². The number of anilines is 1. The van der Waals surface area contributed by atoms with Gasteiger partial charge in [-0.3, -0.25) is 4.79 Å². The van der Waals surface area contributed by atoms with Crippen molar-refractivity contribution >= 4 is 22.2 Å². The van der Waals surface area contributed by atoms with E-state index in [4.69, 9.17) is 5.26 Å². The Morgan fingerprint density at radius 3 is 2.67 bits per heavy atom. The lowest BCUT2D eigenvalue weighted by Gasteiger charge is -2.16. The fourth-order valence-corrected chi connectivity index (χ4v) is 2.85. The van der Waals surface area contributed by atoms with Gasteiger partial charge in [-0.05, 0) is 25.3 Å². The Kier molecular flexibility index (Phi) is 5.09. The summed E-state index contributed by atoms with van der Waals surface area (Å²) in [5, 5.41) is 16.2. The molecule has 4 nitrogen and oxygen atoms in total. The summed E-state index contributed by atoms with van der Waals surface area (Å²) in [7, 11) is 0. The average Bonchev–Trinajstić information content (AvgIpc) is 2.95. The average molecular weight is 300 g/mol. The quantitative estimate of drug-likeness (QED) is 0.889. The van der Waals surface area contributed by atoms with Gasteiger partial charge in [0.25, 0.3) is 5.91 Å². The molecule has 3 N–H and O–H groups in total. The third-order valence-electron chi connectivity index (χ3n) is 3.34. The molecule has 2 rings (SSSR count). The SMILES string of the molecule is C[C@H]([NH2+][C@H](C)C(=O)Nc1sccc1C#N)c1ccccc1. The Balaban J connectivity index is 1.96. The number of nitriles is 1. The van der Waals surface area contributed by atoms with Crippen LogP contribution in [0.15, 0.2) is 41.8 Å². The molecule has 5 heteroatoms. The van der Waals surface area contributed by atoms with Crippen LogP contribution in [0.3, 0.4) is 0 Å². The van der Waals surface area contributed by atoms with Crippen molar-refractivity contribution in [1.82, 2.24) is 0 Å². The Labute approximate surface area is 128 Å². The topological polar surface area (TPSA) is 69.5 Å². The third-order valence-corrected chi connectivity index (χ3v) is 4.17. The number of nitrogens with two attached hydrogens (primary N) is 1. The predicted octanol–water partition coefficient (Wildman–Crippen LogP) is 2.27. The highest BCUT2D eigenvalue weighted by atomic mass is 32.1. The number of quaternary nitrogens is 1. The van der Waals surface area contributed by atoms with Gasteiger partial charge in [0.2, 0.25) is 0 Å². The third kappa shape index (κ3) is 3.91. The molecule has 1 aromatic heterocycles. The number of carbonyl (C=O) groups is 1. The van der Waals surface area contributed by atoms with E-state index in [1.807, 2.05) is 30.4 Å². The second-order valence-corrected chi connectivity index (χ2v) is 5.86. The predicted molar refractivity (Wildman–Crippen MR) is 83.9 cm³/mol. The van der Waals surface area contributed by atoms with Gasteiger partial charge in [0.05, 0.1) is 5.56 Å². The molecule has 0 saturated heterocycles. The van der Waals surface area contributed by atoms with Crippen molar-refractivity contribution in [2.45, 2.75) is 25.9 Å². The molecule has 0 unspecified atom stereocenters. The highest BCUT2D eigenvalue weighted by molar-refractivity contribution is 7.14. The number of benzene rings is 1. The molecule has 0 radical (unpaired) electrons. The monoisotopic (exact) mass is 300 g/mol. The molecule has 0 aliphatic rings. The van der Waals surface area contributed by atoms with Crippen LogP contribution in [0.4, 0.5) is 5.00 Å². The Bertz CT molecular complexity index is 645. The first-order valence-electron chi connectivity index (χ1n) is 6.80. The van der Waals surface area contributed by atoms with Crippen molar-refractivity contribution in [2.75, 3.05) is 5.32 Å². The first-order valence-corrected chi connectivity index (χ1v) is 7.68. The van der Waals surface area contributed by atoms with Crippen LogP contribution in [0.2, 0.25) is 0 Å². The fraction of sp³-hybridized carbons (Fsp3) is 0.250. The molecule has 0 spiro atoms. The Morgan fingerprint density at radius 2 is 2.00 bits per heavy atom. The van der Waals surface area contributed by atoms with Crippen molar-refractivity contribution in [3.63, 3.8) is 0 Å². The van der Waals surface area contributed by atoms with Crippen LogP contribution in [0.25, 0.3) is 0 Å². The van der Waals surface area contributed by atoms with Gasteiger partial charge in [0.15, 0.2) is 6.04 Å². The summed E-state index contributed by atoms with van der Waals surface area (Å²) in [6.07, 6.45) is 0. The van der Waals surface area contributed by atoms with E-state index >= 15 is 0 Å². The van der Waals surface area contributed by atoms with Gasteiger partial charge < -0.3 is 10.6 Å². The van der Waals surface area contributed by atoms with Gasteiger partial charge in [-0.2, -0.15) is 5.26 Å². The highest BCUT2D eigenvalue weighted by Crippen LogP contribution is 2.22. The molecule has 2 atom stereocenters. The Hall–Kier alpha value is -2.16. The number of carbonyl (C=O) groups excluding carboxylic acids is 1. The summed E-state index contributed by atoms with van der Waals surface area (Å²) in [6, 6.07) is 13.8. The van der Waals surface area contributed by atoms with Crippen LogP contribution in [0.5, 0.6) is 0 Å². The molecule has 0 fully saturated rings. The van der Waals surface area contributed by atoms with Crippen LogP contribution in [0, 0.1) is 11.3 Å². The first kappa shape index (κ1) is 15.2. The Morgan fingerprint density at radius 1 is 1.29 bits per heavy atom. The molecule has 0 aliphatic carbocycles. The number of thiophene rings is 1. The van der Waals surface area contributed by atoms with Gasteiger partial charge in [0, 0.05) is 5.56 Å². The molecular formula is C16H18N3OS+. The summed E-state index contributed by atoms with van der Waals surface area (Å²) in [5.41, 5.74) is 1.70. The van der Waals surface area contributed by atoms with Gasteiger partial charge in [-0.1, -0.05) is 30.3 Å². The minimum Gasteiger partial charge on any atom is -0.330 e. The first-order chi connectivity index (χ1) is 10.1. The second kappa shape index (κ2) is 7.02. The van der Waals surface area contributed by atoms with E-state index in [0.717, 1.165) is 0 Å². The van der Waals surface area contributed by atoms with Crippen molar-refractivity contribution < 1.29 is 10.1 Å². The molecule has 21 heavy (non-hydrogen) atoms. The molecule has 1 aromatic carbocycles. The number of hydrogen-bond donors (Lipinski definition) is 2. The minimum absolute atomic E-state index is 0.0864. The van der Waals surface area contributed by atoms with Crippen molar-refractivity contribution in [2.24, 2.45) is 0 Å². The van der Waals surface area contributed by atoms with E-state index in [1.54, 1.807) is 11.4 Å². The van der Waals surface area contributed by atoms with Crippen LogP contribution < -0.4 is 10.6 Å². The van der Waals surface area contributed by atoms with Gasteiger partial charge >= 0.3 is 0 Å². The lowest BCUT2D eigenvalue weighted by atomic mass is 10.1. The molecule has 1 heterocycles. The largest absolute Gasteiger partial charge is 0.330 e. The van der Waals surface area contributed by atoms with Crippen molar-refractivity contribution in [1.29, 1.82) is 5.26 Å². The smallest absolute Gasteiger partial charge is 0.282 e. The van der Waals surface area contributed by atoms with E-state index in [2.05, 4.69) is 30.4 Å². The lowest BCUT2D eigenvalue weighted by molar-refractivity contribution is -0.709. The number of nitrogens with one attached hydrogen (secondary N) is 1. The van der Waals surface area contributed by atoms with E-state index in [1.165, 1.54) is 16.9 Å².